The predicted molar refractivity (Wildman–Crippen MR) is 81.5 cm³/mol. The maximum atomic E-state index is 13.6. The SMILES string of the molecule is Cn1ccnc1[C@@H](NC(=O)C1CCCC1)c1ccc(F)c(F)c1. The van der Waals surface area contributed by atoms with Crippen LogP contribution in [0.2, 0.25) is 0 Å². The van der Waals surface area contributed by atoms with Crippen molar-refractivity contribution in [3.8, 4) is 0 Å². The van der Waals surface area contributed by atoms with Gasteiger partial charge in [0.15, 0.2) is 11.6 Å². The van der Waals surface area contributed by atoms with Gasteiger partial charge in [-0.2, -0.15) is 0 Å². The highest BCUT2D eigenvalue weighted by Crippen LogP contribution is 2.28. The lowest BCUT2D eigenvalue weighted by Gasteiger charge is -2.21. The lowest BCUT2D eigenvalue weighted by molar-refractivity contribution is -0.125. The minimum atomic E-state index is -0.933. The second-order valence-electron chi connectivity index (χ2n) is 5.99. The molecule has 1 aliphatic rings. The molecule has 23 heavy (non-hydrogen) atoms. The van der Waals surface area contributed by atoms with Crippen LogP contribution >= 0.6 is 0 Å². The van der Waals surface area contributed by atoms with Crippen LogP contribution < -0.4 is 5.32 Å². The quantitative estimate of drug-likeness (QED) is 0.941. The Morgan fingerprint density at radius 1 is 1.30 bits per heavy atom. The van der Waals surface area contributed by atoms with Gasteiger partial charge in [0.2, 0.25) is 5.91 Å². The van der Waals surface area contributed by atoms with Crippen LogP contribution in [0.15, 0.2) is 30.6 Å². The highest BCUT2D eigenvalue weighted by atomic mass is 19.2. The van der Waals surface area contributed by atoms with Crippen LogP contribution in [0.3, 0.4) is 0 Å². The van der Waals surface area contributed by atoms with Gasteiger partial charge in [-0.05, 0) is 30.5 Å². The van der Waals surface area contributed by atoms with Gasteiger partial charge in [0, 0.05) is 25.4 Å². The van der Waals surface area contributed by atoms with Gasteiger partial charge in [-0.25, -0.2) is 13.8 Å². The fourth-order valence-corrected chi connectivity index (χ4v) is 3.09. The normalized spacial score (nSPS) is 16.5. The van der Waals surface area contributed by atoms with E-state index in [1.807, 2.05) is 0 Å². The zero-order chi connectivity index (χ0) is 16.4. The third kappa shape index (κ3) is 3.25. The molecule has 1 fully saturated rings. The molecule has 0 bridgehead atoms. The summed E-state index contributed by atoms with van der Waals surface area (Å²) in [6.07, 6.45) is 7.22. The molecule has 0 radical (unpaired) electrons. The fourth-order valence-electron chi connectivity index (χ4n) is 3.09. The lowest BCUT2D eigenvalue weighted by atomic mass is 10.0. The molecular weight excluding hydrogens is 300 g/mol. The van der Waals surface area contributed by atoms with Crippen molar-refractivity contribution < 1.29 is 13.6 Å². The first kappa shape index (κ1) is 15.6. The molecule has 1 amide bonds. The van der Waals surface area contributed by atoms with Gasteiger partial charge in [0.05, 0.1) is 0 Å². The largest absolute Gasteiger partial charge is 0.342 e. The zero-order valence-electron chi connectivity index (χ0n) is 12.9. The number of carbonyl (C=O) groups is 1. The standard InChI is InChI=1S/C17H19F2N3O/c1-22-9-8-20-16(22)15(12-6-7-13(18)14(19)10-12)21-17(23)11-4-2-3-5-11/h6-11,15H,2-5H2,1H3,(H,21,23)/t15-/m0/s1. The van der Waals surface area contributed by atoms with Gasteiger partial charge in [0.25, 0.3) is 0 Å². The number of rotatable bonds is 4. The van der Waals surface area contributed by atoms with Crippen LogP contribution in [0, 0.1) is 17.6 Å². The molecule has 0 aliphatic heterocycles. The topological polar surface area (TPSA) is 46.9 Å². The predicted octanol–water partition coefficient (Wildman–Crippen LogP) is 3.09. The van der Waals surface area contributed by atoms with Gasteiger partial charge in [-0.1, -0.05) is 18.9 Å². The van der Waals surface area contributed by atoms with Crippen molar-refractivity contribution in [2.45, 2.75) is 31.7 Å². The van der Waals surface area contributed by atoms with Gasteiger partial charge in [0.1, 0.15) is 11.9 Å². The number of nitrogens with one attached hydrogen (secondary N) is 1. The maximum absolute atomic E-state index is 13.6. The van der Waals surface area contributed by atoms with Crippen LogP contribution in [-0.2, 0) is 11.8 Å². The Balaban J connectivity index is 1.91. The Morgan fingerprint density at radius 2 is 2.04 bits per heavy atom. The second-order valence-corrected chi connectivity index (χ2v) is 5.99. The van der Waals surface area contributed by atoms with Crippen molar-refractivity contribution in [3.05, 3.63) is 53.6 Å². The number of halogens is 2. The summed E-state index contributed by atoms with van der Waals surface area (Å²) >= 11 is 0. The molecule has 1 aromatic carbocycles. The number of carbonyl (C=O) groups excluding carboxylic acids is 1. The second kappa shape index (κ2) is 6.48. The smallest absolute Gasteiger partial charge is 0.223 e. The van der Waals surface area contributed by atoms with E-state index in [9.17, 15) is 13.6 Å². The molecule has 0 saturated heterocycles. The summed E-state index contributed by atoms with van der Waals surface area (Å²) in [6.45, 7) is 0. The molecule has 1 saturated carbocycles. The van der Waals surface area contributed by atoms with E-state index >= 15 is 0 Å². The molecule has 1 heterocycles. The Bertz CT molecular complexity index is 708. The first-order chi connectivity index (χ1) is 11.1. The van der Waals surface area contributed by atoms with Crippen molar-refractivity contribution in [1.82, 2.24) is 14.9 Å². The number of hydrogen-bond acceptors (Lipinski definition) is 2. The summed E-state index contributed by atoms with van der Waals surface area (Å²) in [7, 11) is 1.80. The first-order valence-corrected chi connectivity index (χ1v) is 7.79. The Hall–Kier alpha value is -2.24. The summed E-state index contributed by atoms with van der Waals surface area (Å²) in [5.74, 6) is -1.32. The Morgan fingerprint density at radius 3 is 2.65 bits per heavy atom. The number of benzene rings is 1. The van der Waals surface area contributed by atoms with E-state index in [1.54, 1.807) is 24.0 Å². The van der Waals surface area contributed by atoms with E-state index in [1.165, 1.54) is 6.07 Å². The van der Waals surface area contributed by atoms with Crippen LogP contribution in [-0.4, -0.2) is 15.5 Å². The van der Waals surface area contributed by atoms with E-state index in [2.05, 4.69) is 10.3 Å². The van der Waals surface area contributed by atoms with Crippen LogP contribution in [0.1, 0.15) is 43.1 Å². The highest BCUT2D eigenvalue weighted by molar-refractivity contribution is 5.79. The number of aromatic nitrogens is 2. The van der Waals surface area contributed by atoms with E-state index in [4.69, 9.17) is 0 Å². The van der Waals surface area contributed by atoms with Crippen molar-refractivity contribution in [3.63, 3.8) is 0 Å². The average Bonchev–Trinajstić information content (AvgIpc) is 3.19. The van der Waals surface area contributed by atoms with Gasteiger partial charge in [-0.3, -0.25) is 4.79 Å². The zero-order valence-corrected chi connectivity index (χ0v) is 12.9. The van der Waals surface area contributed by atoms with Crippen molar-refractivity contribution in [2.75, 3.05) is 0 Å². The summed E-state index contributed by atoms with van der Waals surface area (Å²) in [5.41, 5.74) is 0.476. The van der Waals surface area contributed by atoms with Crippen LogP contribution in [0.5, 0.6) is 0 Å². The monoisotopic (exact) mass is 319 g/mol. The number of amides is 1. The molecule has 2 aromatic rings. The summed E-state index contributed by atoms with van der Waals surface area (Å²) in [5, 5.41) is 2.95. The number of nitrogens with zero attached hydrogens (tertiary/aromatic N) is 2. The molecule has 1 atom stereocenters. The number of aryl methyl sites for hydroxylation is 1. The summed E-state index contributed by atoms with van der Waals surface area (Å²) < 4.78 is 28.6. The maximum Gasteiger partial charge on any atom is 0.223 e. The van der Waals surface area contributed by atoms with Gasteiger partial charge in [-0.15, -0.1) is 0 Å². The molecule has 4 nitrogen and oxygen atoms in total. The third-order valence-corrected chi connectivity index (χ3v) is 4.41. The van der Waals surface area contributed by atoms with Crippen LogP contribution in [0.25, 0.3) is 0 Å². The number of hydrogen-bond donors (Lipinski definition) is 1. The first-order valence-electron chi connectivity index (χ1n) is 7.79. The molecule has 122 valence electrons. The number of imidazole rings is 1. The van der Waals surface area contributed by atoms with E-state index in [0.717, 1.165) is 37.8 Å². The minimum absolute atomic E-state index is 0.0111. The van der Waals surface area contributed by atoms with E-state index in [0.29, 0.717) is 11.4 Å². The molecule has 3 rings (SSSR count). The third-order valence-electron chi connectivity index (χ3n) is 4.41. The van der Waals surface area contributed by atoms with Crippen LogP contribution in [0.4, 0.5) is 8.78 Å². The summed E-state index contributed by atoms with van der Waals surface area (Å²) in [6, 6.07) is 3.07. The molecular formula is C17H19F2N3O. The van der Waals surface area contributed by atoms with E-state index < -0.39 is 17.7 Å². The summed E-state index contributed by atoms with van der Waals surface area (Å²) in [4.78, 5) is 16.7. The van der Waals surface area contributed by atoms with Crippen molar-refractivity contribution >= 4 is 5.91 Å². The molecule has 0 spiro atoms. The average molecular weight is 319 g/mol. The molecule has 1 aromatic heterocycles. The van der Waals surface area contributed by atoms with Gasteiger partial charge < -0.3 is 9.88 Å². The van der Waals surface area contributed by atoms with Crippen molar-refractivity contribution in [1.29, 1.82) is 0 Å². The molecule has 1 N–H and O–H groups in total. The lowest BCUT2D eigenvalue weighted by Crippen LogP contribution is -2.35. The Labute approximate surface area is 133 Å². The molecule has 6 heteroatoms. The fraction of sp³-hybridized carbons (Fsp3) is 0.412. The Kier molecular flexibility index (Phi) is 4.41. The van der Waals surface area contributed by atoms with Crippen molar-refractivity contribution in [2.24, 2.45) is 13.0 Å². The van der Waals surface area contributed by atoms with Gasteiger partial charge >= 0.3 is 0 Å². The minimum Gasteiger partial charge on any atom is -0.342 e. The molecule has 1 aliphatic carbocycles. The highest BCUT2D eigenvalue weighted by Gasteiger charge is 2.28. The van der Waals surface area contributed by atoms with E-state index in [-0.39, 0.29) is 11.8 Å². The molecule has 0 unspecified atom stereocenters.